The van der Waals surface area contributed by atoms with Crippen LogP contribution in [-0.2, 0) is 4.79 Å². The van der Waals surface area contributed by atoms with E-state index in [1.807, 2.05) is 6.92 Å². The lowest BCUT2D eigenvalue weighted by molar-refractivity contribution is -0.138. The van der Waals surface area contributed by atoms with Gasteiger partial charge in [-0.15, -0.1) is 0 Å². The lowest BCUT2D eigenvalue weighted by atomic mass is 9.97. The third kappa shape index (κ3) is 2.25. The van der Waals surface area contributed by atoms with Gasteiger partial charge in [0.2, 0.25) is 0 Å². The van der Waals surface area contributed by atoms with Gasteiger partial charge in [0.05, 0.1) is 13.0 Å². The average Bonchev–Trinajstić information content (AvgIpc) is 2.19. The van der Waals surface area contributed by atoms with E-state index >= 15 is 0 Å². The summed E-state index contributed by atoms with van der Waals surface area (Å²) in [5, 5.41) is 8.92. The minimum Gasteiger partial charge on any atom is -0.497 e. The van der Waals surface area contributed by atoms with Gasteiger partial charge in [0.1, 0.15) is 5.75 Å². The number of carbonyl (C=O) groups is 1. The van der Waals surface area contributed by atoms with Gasteiger partial charge >= 0.3 is 5.97 Å². The van der Waals surface area contributed by atoms with Crippen LogP contribution in [0.2, 0.25) is 0 Å². The molecule has 76 valence electrons. The molecule has 0 aromatic heterocycles. The summed E-state index contributed by atoms with van der Waals surface area (Å²) in [6.45, 7) is 1.86. The van der Waals surface area contributed by atoms with E-state index in [4.69, 9.17) is 9.84 Å². The average molecular weight is 194 g/mol. The minimum atomic E-state index is -0.780. The van der Waals surface area contributed by atoms with Gasteiger partial charge in [-0.05, 0) is 24.1 Å². The number of hydrogen-bond acceptors (Lipinski definition) is 2. The molecule has 1 rings (SSSR count). The van der Waals surface area contributed by atoms with Crippen molar-refractivity contribution in [2.75, 3.05) is 7.11 Å². The zero-order valence-electron chi connectivity index (χ0n) is 8.36. The van der Waals surface area contributed by atoms with Crippen molar-refractivity contribution in [2.24, 2.45) is 0 Å². The molecular weight excluding hydrogens is 180 g/mol. The first-order chi connectivity index (χ1) is 6.69. The van der Waals surface area contributed by atoms with Crippen LogP contribution in [-0.4, -0.2) is 18.2 Å². The lowest BCUT2D eigenvalue weighted by Crippen LogP contribution is -2.10. The number of methoxy groups -OCH3 is 1. The highest BCUT2D eigenvalue weighted by atomic mass is 16.5. The van der Waals surface area contributed by atoms with Crippen molar-refractivity contribution in [1.29, 1.82) is 0 Å². The number of benzene rings is 1. The smallest absolute Gasteiger partial charge is 0.310 e. The molecule has 0 heterocycles. The molecule has 0 unspecified atom stereocenters. The summed E-state index contributed by atoms with van der Waals surface area (Å²) in [6, 6.07) is 7.14. The first kappa shape index (κ1) is 10.6. The van der Waals surface area contributed by atoms with Crippen LogP contribution in [0.15, 0.2) is 24.3 Å². The second-order valence-corrected chi connectivity index (χ2v) is 3.07. The van der Waals surface area contributed by atoms with E-state index in [0.29, 0.717) is 6.42 Å². The van der Waals surface area contributed by atoms with Crippen molar-refractivity contribution < 1.29 is 14.6 Å². The Kier molecular flexibility index (Phi) is 3.51. The van der Waals surface area contributed by atoms with E-state index in [2.05, 4.69) is 0 Å². The highest BCUT2D eigenvalue weighted by Crippen LogP contribution is 2.22. The molecule has 0 spiro atoms. The minimum absolute atomic E-state index is 0.416. The summed E-state index contributed by atoms with van der Waals surface area (Å²) < 4.78 is 5.00. The number of carboxylic acids is 1. The first-order valence-corrected chi connectivity index (χ1v) is 4.55. The standard InChI is InChI=1S/C11H14O3/c1-3-10(11(12)13)8-4-6-9(14-2)7-5-8/h4-7,10H,3H2,1-2H3,(H,12,13)/t10-/m0/s1. The van der Waals surface area contributed by atoms with E-state index in [1.165, 1.54) is 0 Å². The quantitative estimate of drug-likeness (QED) is 0.799. The molecule has 0 aliphatic carbocycles. The van der Waals surface area contributed by atoms with Gasteiger partial charge in [-0.3, -0.25) is 4.79 Å². The molecule has 1 atom stereocenters. The van der Waals surface area contributed by atoms with Crippen molar-refractivity contribution >= 4 is 5.97 Å². The van der Waals surface area contributed by atoms with Gasteiger partial charge in [0.25, 0.3) is 0 Å². The van der Waals surface area contributed by atoms with Crippen LogP contribution in [0.5, 0.6) is 5.75 Å². The lowest BCUT2D eigenvalue weighted by Gasteiger charge is -2.10. The second kappa shape index (κ2) is 4.65. The highest BCUT2D eigenvalue weighted by Gasteiger charge is 2.16. The molecule has 3 heteroatoms. The van der Waals surface area contributed by atoms with Gasteiger partial charge in [0, 0.05) is 0 Å². The van der Waals surface area contributed by atoms with E-state index in [9.17, 15) is 4.79 Å². The van der Waals surface area contributed by atoms with Gasteiger partial charge in [-0.1, -0.05) is 19.1 Å². The molecule has 0 amide bonds. The Labute approximate surface area is 83.3 Å². The van der Waals surface area contributed by atoms with Gasteiger partial charge < -0.3 is 9.84 Å². The predicted molar refractivity (Wildman–Crippen MR) is 53.7 cm³/mol. The van der Waals surface area contributed by atoms with Gasteiger partial charge in [-0.2, -0.15) is 0 Å². The van der Waals surface area contributed by atoms with E-state index in [1.54, 1.807) is 31.4 Å². The Morgan fingerprint density at radius 3 is 2.36 bits per heavy atom. The fourth-order valence-corrected chi connectivity index (χ4v) is 1.39. The largest absolute Gasteiger partial charge is 0.497 e. The normalized spacial score (nSPS) is 12.1. The summed E-state index contributed by atoms with van der Waals surface area (Å²) in [5.74, 6) is -0.451. The van der Waals surface area contributed by atoms with Crippen LogP contribution < -0.4 is 4.74 Å². The van der Waals surface area contributed by atoms with Crippen LogP contribution in [0.3, 0.4) is 0 Å². The Morgan fingerprint density at radius 2 is 2.00 bits per heavy atom. The fraction of sp³-hybridized carbons (Fsp3) is 0.364. The number of rotatable bonds is 4. The second-order valence-electron chi connectivity index (χ2n) is 3.07. The van der Waals surface area contributed by atoms with Crippen LogP contribution in [0, 0.1) is 0 Å². The highest BCUT2D eigenvalue weighted by molar-refractivity contribution is 5.76. The maximum Gasteiger partial charge on any atom is 0.310 e. The Morgan fingerprint density at radius 1 is 1.43 bits per heavy atom. The maximum absolute atomic E-state index is 10.9. The molecule has 1 N–H and O–H groups in total. The third-order valence-electron chi connectivity index (χ3n) is 2.22. The molecule has 1 aromatic carbocycles. The number of carboxylic acid groups (broad SMARTS) is 1. The third-order valence-corrected chi connectivity index (χ3v) is 2.22. The summed E-state index contributed by atoms with van der Waals surface area (Å²) >= 11 is 0. The Balaban J connectivity index is 2.89. The fourth-order valence-electron chi connectivity index (χ4n) is 1.39. The molecular formula is C11H14O3. The SMILES string of the molecule is CC[C@H](C(=O)O)c1ccc(OC)cc1. The first-order valence-electron chi connectivity index (χ1n) is 4.55. The van der Waals surface area contributed by atoms with Crippen molar-refractivity contribution in [3.05, 3.63) is 29.8 Å². The summed E-state index contributed by atoms with van der Waals surface area (Å²) in [5.41, 5.74) is 0.820. The zero-order valence-corrected chi connectivity index (χ0v) is 8.36. The van der Waals surface area contributed by atoms with Crippen LogP contribution in [0.1, 0.15) is 24.8 Å². The maximum atomic E-state index is 10.9. The van der Waals surface area contributed by atoms with Crippen molar-refractivity contribution in [3.8, 4) is 5.75 Å². The number of ether oxygens (including phenoxy) is 1. The molecule has 14 heavy (non-hydrogen) atoms. The van der Waals surface area contributed by atoms with Crippen LogP contribution >= 0.6 is 0 Å². The van der Waals surface area contributed by atoms with Crippen LogP contribution in [0.25, 0.3) is 0 Å². The van der Waals surface area contributed by atoms with Crippen molar-refractivity contribution in [3.63, 3.8) is 0 Å². The van der Waals surface area contributed by atoms with Crippen LogP contribution in [0.4, 0.5) is 0 Å². The number of aliphatic carboxylic acids is 1. The molecule has 0 saturated carbocycles. The predicted octanol–water partition coefficient (Wildman–Crippen LogP) is 2.27. The molecule has 3 nitrogen and oxygen atoms in total. The molecule has 0 radical (unpaired) electrons. The molecule has 0 fully saturated rings. The number of hydrogen-bond donors (Lipinski definition) is 1. The molecule has 1 aromatic rings. The molecule has 0 saturated heterocycles. The summed E-state index contributed by atoms with van der Waals surface area (Å²) in [7, 11) is 1.59. The monoisotopic (exact) mass is 194 g/mol. The summed E-state index contributed by atoms with van der Waals surface area (Å²) in [4.78, 5) is 10.9. The molecule has 0 aliphatic rings. The Hall–Kier alpha value is -1.51. The van der Waals surface area contributed by atoms with Gasteiger partial charge in [-0.25, -0.2) is 0 Å². The topological polar surface area (TPSA) is 46.5 Å². The zero-order chi connectivity index (χ0) is 10.6. The molecule has 0 aliphatic heterocycles. The Bertz CT molecular complexity index is 303. The van der Waals surface area contributed by atoms with E-state index < -0.39 is 11.9 Å². The van der Waals surface area contributed by atoms with Crippen molar-refractivity contribution in [1.82, 2.24) is 0 Å². The van der Waals surface area contributed by atoms with E-state index in [0.717, 1.165) is 11.3 Å². The van der Waals surface area contributed by atoms with E-state index in [-0.39, 0.29) is 0 Å². The van der Waals surface area contributed by atoms with Crippen molar-refractivity contribution in [2.45, 2.75) is 19.3 Å². The summed E-state index contributed by atoms with van der Waals surface area (Å²) in [6.07, 6.45) is 0.599. The molecule has 0 bridgehead atoms. The van der Waals surface area contributed by atoms with Gasteiger partial charge in [0.15, 0.2) is 0 Å².